The number of hydrogen-bond donors (Lipinski definition) is 7. The third kappa shape index (κ3) is 10.8. The van der Waals surface area contributed by atoms with Gasteiger partial charge in [0.25, 0.3) is 0 Å². The fourth-order valence-corrected chi connectivity index (χ4v) is 3.80. The van der Waals surface area contributed by atoms with Crippen LogP contribution in [-0.2, 0) is 28.8 Å². The Labute approximate surface area is 201 Å². The molecule has 14 heteroatoms. The Morgan fingerprint density at radius 3 is 1.91 bits per heavy atom. The first-order chi connectivity index (χ1) is 16.0. The number of carbonyl (C=O) groups excluding carboxylic acids is 5. The van der Waals surface area contributed by atoms with E-state index in [1.807, 2.05) is 0 Å². The van der Waals surface area contributed by atoms with Crippen LogP contribution in [0, 0.1) is 0 Å². The molecule has 1 aliphatic rings. The summed E-state index contributed by atoms with van der Waals surface area (Å²) in [4.78, 5) is 71.9. The summed E-state index contributed by atoms with van der Waals surface area (Å²) in [5.74, 6) is -4.08. The van der Waals surface area contributed by atoms with Gasteiger partial charge in [-0.3, -0.25) is 24.0 Å². The number of primary amides is 2. The maximum Gasteiger partial charge on any atom is 0.326 e. The van der Waals surface area contributed by atoms with Crippen molar-refractivity contribution in [3.8, 4) is 0 Å². The Morgan fingerprint density at radius 1 is 0.912 bits per heavy atom. The summed E-state index contributed by atoms with van der Waals surface area (Å²) in [5, 5.41) is 19.8. The standard InChI is InChI=1S/C20H34N6O7S/c1-34-10-8-13(19(31)26-14(20(32)33)5-7-16(22)28)25-18(30)12(4-6-15(21)27)24-17(29)11-3-2-9-23-11/h11-14,23H,2-10H2,1H3,(H2,21,27)(H2,22,28)(H,24,29)(H,25,30)(H,26,31)(H,32,33). The molecule has 192 valence electrons. The lowest BCUT2D eigenvalue weighted by atomic mass is 10.1. The fourth-order valence-electron chi connectivity index (χ4n) is 3.33. The number of carboxylic acids is 1. The topological polar surface area (TPSA) is 223 Å². The van der Waals surface area contributed by atoms with Crippen LogP contribution in [0.5, 0.6) is 0 Å². The minimum Gasteiger partial charge on any atom is -0.480 e. The number of carbonyl (C=O) groups is 6. The molecule has 1 heterocycles. The third-order valence-electron chi connectivity index (χ3n) is 5.23. The van der Waals surface area contributed by atoms with E-state index in [-0.39, 0.29) is 32.1 Å². The summed E-state index contributed by atoms with van der Waals surface area (Å²) in [6.45, 7) is 0.674. The molecular formula is C20H34N6O7S. The molecule has 13 nitrogen and oxygen atoms in total. The molecule has 0 aromatic heterocycles. The molecule has 0 aliphatic carbocycles. The van der Waals surface area contributed by atoms with Crippen LogP contribution in [-0.4, -0.2) is 83.3 Å². The molecule has 0 aromatic carbocycles. The van der Waals surface area contributed by atoms with E-state index in [2.05, 4.69) is 21.3 Å². The number of nitrogens with one attached hydrogen (secondary N) is 4. The van der Waals surface area contributed by atoms with Crippen molar-refractivity contribution in [3.63, 3.8) is 0 Å². The number of thioether (sulfide) groups is 1. The number of rotatable bonds is 16. The summed E-state index contributed by atoms with van der Waals surface area (Å²) in [6, 6.07) is -4.04. The van der Waals surface area contributed by atoms with Crippen LogP contribution >= 0.6 is 11.8 Å². The van der Waals surface area contributed by atoms with Crippen molar-refractivity contribution in [2.45, 2.75) is 69.1 Å². The monoisotopic (exact) mass is 502 g/mol. The van der Waals surface area contributed by atoms with Crippen molar-refractivity contribution >= 4 is 47.3 Å². The minimum atomic E-state index is -1.37. The quantitative estimate of drug-likeness (QED) is 0.119. The molecule has 0 aromatic rings. The molecule has 0 bridgehead atoms. The summed E-state index contributed by atoms with van der Waals surface area (Å²) < 4.78 is 0. The van der Waals surface area contributed by atoms with Gasteiger partial charge in [0, 0.05) is 12.8 Å². The predicted molar refractivity (Wildman–Crippen MR) is 124 cm³/mol. The summed E-state index contributed by atoms with van der Waals surface area (Å²) >= 11 is 1.42. The van der Waals surface area contributed by atoms with Crippen molar-refractivity contribution in [2.75, 3.05) is 18.6 Å². The highest BCUT2D eigenvalue weighted by Gasteiger charge is 2.31. The molecular weight excluding hydrogens is 468 g/mol. The Kier molecular flexibility index (Phi) is 13.0. The van der Waals surface area contributed by atoms with Gasteiger partial charge in [0.05, 0.1) is 6.04 Å². The molecule has 1 rings (SSSR count). The van der Waals surface area contributed by atoms with Gasteiger partial charge in [-0.15, -0.1) is 0 Å². The van der Waals surface area contributed by atoms with Crippen LogP contribution in [0.2, 0.25) is 0 Å². The highest BCUT2D eigenvalue weighted by Crippen LogP contribution is 2.08. The lowest BCUT2D eigenvalue weighted by Gasteiger charge is -2.25. The van der Waals surface area contributed by atoms with Crippen molar-refractivity contribution < 1.29 is 33.9 Å². The molecule has 1 saturated heterocycles. The zero-order chi connectivity index (χ0) is 25.7. The minimum absolute atomic E-state index is 0.0626. The molecule has 5 amide bonds. The average molecular weight is 503 g/mol. The molecule has 34 heavy (non-hydrogen) atoms. The summed E-state index contributed by atoms with van der Waals surface area (Å²) in [6.07, 6.45) is 2.74. The van der Waals surface area contributed by atoms with Gasteiger partial charge in [-0.2, -0.15) is 11.8 Å². The number of amides is 5. The molecule has 1 aliphatic heterocycles. The first kappa shape index (κ1) is 29.2. The van der Waals surface area contributed by atoms with Gasteiger partial charge in [0.1, 0.15) is 18.1 Å². The number of aliphatic carboxylic acids is 1. The van der Waals surface area contributed by atoms with Gasteiger partial charge < -0.3 is 37.8 Å². The zero-order valence-corrected chi connectivity index (χ0v) is 19.9. The summed E-state index contributed by atoms with van der Waals surface area (Å²) in [5.41, 5.74) is 10.2. The van der Waals surface area contributed by atoms with E-state index in [0.717, 1.165) is 6.42 Å². The van der Waals surface area contributed by atoms with Gasteiger partial charge in [-0.25, -0.2) is 4.79 Å². The van der Waals surface area contributed by atoms with E-state index in [9.17, 15) is 33.9 Å². The van der Waals surface area contributed by atoms with Gasteiger partial charge in [0.2, 0.25) is 29.5 Å². The lowest BCUT2D eigenvalue weighted by Crippen LogP contribution is -2.57. The first-order valence-corrected chi connectivity index (χ1v) is 12.4. The van der Waals surface area contributed by atoms with E-state index >= 15 is 0 Å². The lowest BCUT2D eigenvalue weighted by molar-refractivity contribution is -0.142. The second kappa shape index (κ2) is 15.1. The maximum atomic E-state index is 13.0. The highest BCUT2D eigenvalue weighted by atomic mass is 32.2. The van der Waals surface area contributed by atoms with E-state index < -0.39 is 59.7 Å². The fraction of sp³-hybridized carbons (Fsp3) is 0.700. The molecule has 0 spiro atoms. The second-order valence-corrected chi connectivity index (χ2v) is 8.95. The van der Waals surface area contributed by atoms with Gasteiger partial charge in [0.15, 0.2) is 0 Å². The van der Waals surface area contributed by atoms with Crippen molar-refractivity contribution in [2.24, 2.45) is 11.5 Å². The molecule has 0 saturated carbocycles. The van der Waals surface area contributed by atoms with E-state index in [4.69, 9.17) is 11.5 Å². The van der Waals surface area contributed by atoms with E-state index in [1.165, 1.54) is 11.8 Å². The van der Waals surface area contributed by atoms with Gasteiger partial charge in [-0.05, 0) is 50.7 Å². The summed E-state index contributed by atoms with van der Waals surface area (Å²) in [7, 11) is 0. The largest absolute Gasteiger partial charge is 0.480 e. The van der Waals surface area contributed by atoms with Gasteiger partial charge >= 0.3 is 5.97 Å². The maximum absolute atomic E-state index is 13.0. The van der Waals surface area contributed by atoms with Crippen LogP contribution in [0.15, 0.2) is 0 Å². The van der Waals surface area contributed by atoms with Crippen LogP contribution in [0.1, 0.15) is 44.9 Å². The van der Waals surface area contributed by atoms with Crippen LogP contribution < -0.4 is 32.7 Å². The zero-order valence-electron chi connectivity index (χ0n) is 19.1. The van der Waals surface area contributed by atoms with E-state index in [1.54, 1.807) is 6.26 Å². The van der Waals surface area contributed by atoms with Gasteiger partial charge in [-0.1, -0.05) is 0 Å². The number of carboxylic acid groups (broad SMARTS) is 1. The number of hydrogen-bond acceptors (Lipinski definition) is 8. The van der Waals surface area contributed by atoms with Crippen molar-refractivity contribution in [1.29, 1.82) is 0 Å². The van der Waals surface area contributed by atoms with E-state index in [0.29, 0.717) is 18.7 Å². The third-order valence-corrected chi connectivity index (χ3v) is 5.87. The molecule has 1 fully saturated rings. The second-order valence-electron chi connectivity index (χ2n) is 7.96. The smallest absolute Gasteiger partial charge is 0.326 e. The molecule has 9 N–H and O–H groups in total. The average Bonchev–Trinajstić information content (AvgIpc) is 3.31. The van der Waals surface area contributed by atoms with Crippen LogP contribution in [0.25, 0.3) is 0 Å². The molecule has 4 atom stereocenters. The predicted octanol–water partition coefficient (Wildman–Crippen LogP) is -2.44. The molecule has 0 radical (unpaired) electrons. The Bertz CT molecular complexity index is 760. The Hall–Kier alpha value is -2.87. The van der Waals surface area contributed by atoms with Crippen LogP contribution in [0.4, 0.5) is 0 Å². The Balaban J connectivity index is 2.91. The number of nitrogens with two attached hydrogens (primary N) is 2. The normalized spacial score (nSPS) is 17.7. The van der Waals surface area contributed by atoms with Crippen molar-refractivity contribution in [3.05, 3.63) is 0 Å². The van der Waals surface area contributed by atoms with Crippen LogP contribution in [0.3, 0.4) is 0 Å². The van der Waals surface area contributed by atoms with Crippen molar-refractivity contribution in [1.82, 2.24) is 21.3 Å². The first-order valence-electron chi connectivity index (χ1n) is 11.0. The Morgan fingerprint density at radius 2 is 1.44 bits per heavy atom. The SMILES string of the molecule is CSCCC(NC(=O)C(CCC(N)=O)NC(=O)C1CCCN1)C(=O)NC(CCC(N)=O)C(=O)O. The highest BCUT2D eigenvalue weighted by molar-refractivity contribution is 7.98. The molecule has 4 unspecified atom stereocenters.